The molecular weight excluding hydrogens is 322 g/mol. The van der Waals surface area contributed by atoms with Crippen LogP contribution in [0.2, 0.25) is 0 Å². The molecule has 4 nitrogen and oxygen atoms in total. The first-order valence-electron chi connectivity index (χ1n) is 9.15. The first-order valence-corrected chi connectivity index (χ1v) is 9.15. The summed E-state index contributed by atoms with van der Waals surface area (Å²) in [5.41, 5.74) is 3.57. The summed E-state index contributed by atoms with van der Waals surface area (Å²) in [5.74, 6) is 2.13. The summed E-state index contributed by atoms with van der Waals surface area (Å²) in [6.07, 6.45) is 0. The molecule has 26 heavy (non-hydrogen) atoms. The van der Waals surface area contributed by atoms with Crippen LogP contribution in [0.25, 0.3) is 11.3 Å². The lowest BCUT2D eigenvalue weighted by Crippen LogP contribution is -2.52. The van der Waals surface area contributed by atoms with Crippen molar-refractivity contribution in [2.75, 3.05) is 36.5 Å². The Bertz CT molecular complexity index is 859. The second-order valence-corrected chi connectivity index (χ2v) is 6.78. The molecule has 0 bridgehead atoms. The molecule has 1 N–H and O–H groups in total. The molecule has 134 valence electrons. The van der Waals surface area contributed by atoms with Gasteiger partial charge in [-0.1, -0.05) is 42.5 Å². The van der Waals surface area contributed by atoms with Crippen LogP contribution in [0.1, 0.15) is 6.92 Å². The minimum absolute atomic E-state index is 0.413. The Morgan fingerprint density at radius 2 is 1.69 bits per heavy atom. The standard InChI is InChI=1S/C22H25N3O/c1-17-16-24(20-10-6-7-11-21(20)26-2)14-15-25(17)22-13-12-19(23-22)18-8-4-3-5-9-18/h3-13,17,23H,14-16H2,1-2H3. The van der Waals surface area contributed by atoms with Crippen LogP contribution in [0.3, 0.4) is 0 Å². The molecule has 1 aliphatic heterocycles. The van der Waals surface area contributed by atoms with Gasteiger partial charge >= 0.3 is 0 Å². The number of nitrogens with one attached hydrogen (secondary N) is 1. The zero-order valence-electron chi connectivity index (χ0n) is 15.4. The molecule has 4 rings (SSSR count). The molecule has 1 saturated heterocycles. The van der Waals surface area contributed by atoms with Crippen molar-refractivity contribution in [1.29, 1.82) is 0 Å². The number of aromatic nitrogens is 1. The molecule has 0 saturated carbocycles. The van der Waals surface area contributed by atoms with E-state index in [9.17, 15) is 0 Å². The number of rotatable bonds is 4. The molecule has 2 heterocycles. The number of benzene rings is 2. The predicted octanol–water partition coefficient (Wildman–Crippen LogP) is 4.41. The highest BCUT2D eigenvalue weighted by Crippen LogP contribution is 2.31. The summed E-state index contributed by atoms with van der Waals surface area (Å²) in [4.78, 5) is 8.46. The minimum atomic E-state index is 0.413. The van der Waals surface area contributed by atoms with Crippen molar-refractivity contribution in [1.82, 2.24) is 4.98 Å². The average molecular weight is 347 g/mol. The number of anilines is 2. The van der Waals surface area contributed by atoms with Gasteiger partial charge in [0, 0.05) is 31.4 Å². The molecule has 1 aromatic heterocycles. The van der Waals surface area contributed by atoms with Gasteiger partial charge in [0.2, 0.25) is 0 Å². The monoisotopic (exact) mass is 347 g/mol. The molecule has 0 radical (unpaired) electrons. The van der Waals surface area contributed by atoms with Crippen molar-refractivity contribution in [2.24, 2.45) is 0 Å². The Morgan fingerprint density at radius 1 is 0.923 bits per heavy atom. The van der Waals surface area contributed by atoms with Gasteiger partial charge in [-0.15, -0.1) is 0 Å². The number of H-pyrrole nitrogens is 1. The van der Waals surface area contributed by atoms with E-state index in [2.05, 4.69) is 70.2 Å². The first kappa shape index (κ1) is 16.6. The summed E-state index contributed by atoms with van der Waals surface area (Å²) in [6, 6.07) is 23.5. The van der Waals surface area contributed by atoms with Crippen molar-refractivity contribution < 1.29 is 4.74 Å². The van der Waals surface area contributed by atoms with Gasteiger partial charge in [0.1, 0.15) is 11.6 Å². The topological polar surface area (TPSA) is 31.5 Å². The maximum atomic E-state index is 5.54. The highest BCUT2D eigenvalue weighted by atomic mass is 16.5. The molecule has 3 aromatic rings. The van der Waals surface area contributed by atoms with Gasteiger partial charge in [-0.2, -0.15) is 0 Å². The smallest absolute Gasteiger partial charge is 0.142 e. The summed E-state index contributed by atoms with van der Waals surface area (Å²) < 4.78 is 5.54. The van der Waals surface area contributed by atoms with E-state index in [1.54, 1.807) is 7.11 Å². The Labute approximate surface area is 155 Å². The summed E-state index contributed by atoms with van der Waals surface area (Å²) in [6.45, 7) is 5.21. The van der Waals surface area contributed by atoms with Crippen molar-refractivity contribution in [3.05, 3.63) is 66.7 Å². The van der Waals surface area contributed by atoms with E-state index < -0.39 is 0 Å². The zero-order valence-corrected chi connectivity index (χ0v) is 15.4. The SMILES string of the molecule is COc1ccccc1N1CCN(c2ccc(-c3ccccc3)[nH]2)C(C)C1. The van der Waals surface area contributed by atoms with Crippen LogP contribution in [-0.4, -0.2) is 37.8 Å². The Kier molecular flexibility index (Phi) is 4.57. The molecule has 0 aliphatic carbocycles. The van der Waals surface area contributed by atoms with Crippen LogP contribution in [0.5, 0.6) is 5.75 Å². The molecule has 1 atom stereocenters. The van der Waals surface area contributed by atoms with Gasteiger partial charge in [-0.3, -0.25) is 0 Å². The lowest BCUT2D eigenvalue weighted by molar-refractivity contribution is 0.412. The van der Waals surface area contributed by atoms with Crippen molar-refractivity contribution in [2.45, 2.75) is 13.0 Å². The molecule has 4 heteroatoms. The van der Waals surface area contributed by atoms with Crippen LogP contribution in [0, 0.1) is 0 Å². The number of aromatic amines is 1. The number of hydrogen-bond acceptors (Lipinski definition) is 3. The maximum Gasteiger partial charge on any atom is 0.142 e. The van der Waals surface area contributed by atoms with Crippen molar-refractivity contribution in [3.63, 3.8) is 0 Å². The molecule has 0 amide bonds. The number of ether oxygens (including phenoxy) is 1. The number of nitrogens with zero attached hydrogens (tertiary/aromatic N) is 2. The van der Waals surface area contributed by atoms with E-state index in [4.69, 9.17) is 4.74 Å². The van der Waals surface area contributed by atoms with Crippen LogP contribution in [-0.2, 0) is 0 Å². The highest BCUT2D eigenvalue weighted by molar-refractivity contribution is 5.64. The Hall–Kier alpha value is -2.88. The van der Waals surface area contributed by atoms with Crippen LogP contribution >= 0.6 is 0 Å². The van der Waals surface area contributed by atoms with E-state index >= 15 is 0 Å². The molecule has 1 aliphatic rings. The van der Waals surface area contributed by atoms with Crippen molar-refractivity contribution in [3.8, 4) is 17.0 Å². The maximum absolute atomic E-state index is 5.54. The van der Waals surface area contributed by atoms with Crippen LogP contribution in [0.4, 0.5) is 11.5 Å². The minimum Gasteiger partial charge on any atom is -0.495 e. The summed E-state index contributed by atoms with van der Waals surface area (Å²) in [5, 5.41) is 0. The third-order valence-corrected chi connectivity index (χ3v) is 5.12. The quantitative estimate of drug-likeness (QED) is 0.759. The summed E-state index contributed by atoms with van der Waals surface area (Å²) in [7, 11) is 1.74. The number of piperazine rings is 1. The molecule has 1 fully saturated rings. The van der Waals surface area contributed by atoms with Gasteiger partial charge in [0.05, 0.1) is 12.8 Å². The van der Waals surface area contributed by atoms with Crippen LogP contribution < -0.4 is 14.5 Å². The molecular formula is C22H25N3O. The van der Waals surface area contributed by atoms with E-state index in [-0.39, 0.29) is 0 Å². The average Bonchev–Trinajstić information content (AvgIpc) is 3.18. The summed E-state index contributed by atoms with van der Waals surface area (Å²) >= 11 is 0. The van der Waals surface area contributed by atoms with E-state index in [1.165, 1.54) is 22.8 Å². The van der Waals surface area contributed by atoms with E-state index in [0.717, 1.165) is 25.4 Å². The van der Waals surface area contributed by atoms with Gasteiger partial charge in [-0.05, 0) is 36.8 Å². The fraction of sp³-hybridized carbons (Fsp3) is 0.273. The van der Waals surface area contributed by atoms with Crippen molar-refractivity contribution >= 4 is 11.5 Å². The third kappa shape index (κ3) is 3.15. The predicted molar refractivity (Wildman–Crippen MR) is 108 cm³/mol. The van der Waals surface area contributed by atoms with Gasteiger partial charge in [0.25, 0.3) is 0 Å². The molecule has 2 aromatic carbocycles. The number of methoxy groups -OCH3 is 1. The van der Waals surface area contributed by atoms with Gasteiger partial charge in [-0.25, -0.2) is 0 Å². The van der Waals surface area contributed by atoms with Crippen LogP contribution in [0.15, 0.2) is 66.7 Å². The fourth-order valence-corrected chi connectivity index (χ4v) is 3.76. The molecule has 0 spiro atoms. The van der Waals surface area contributed by atoms with Gasteiger partial charge in [0.15, 0.2) is 0 Å². The third-order valence-electron chi connectivity index (χ3n) is 5.12. The second-order valence-electron chi connectivity index (χ2n) is 6.78. The van der Waals surface area contributed by atoms with Gasteiger partial charge < -0.3 is 19.5 Å². The highest BCUT2D eigenvalue weighted by Gasteiger charge is 2.26. The lowest BCUT2D eigenvalue weighted by Gasteiger charge is -2.42. The fourth-order valence-electron chi connectivity index (χ4n) is 3.76. The van der Waals surface area contributed by atoms with E-state index in [1.807, 2.05) is 18.2 Å². The largest absolute Gasteiger partial charge is 0.495 e. The first-order chi connectivity index (χ1) is 12.8. The zero-order chi connectivity index (χ0) is 17.9. The number of hydrogen-bond donors (Lipinski definition) is 1. The second kappa shape index (κ2) is 7.16. The lowest BCUT2D eigenvalue weighted by atomic mass is 10.1. The van der Waals surface area contributed by atoms with E-state index in [0.29, 0.717) is 6.04 Å². The normalized spacial score (nSPS) is 17.4. The Balaban J connectivity index is 1.50. The molecule has 1 unspecified atom stereocenters. The number of para-hydroxylation sites is 2. The Morgan fingerprint density at radius 3 is 2.46 bits per heavy atom.